The van der Waals surface area contributed by atoms with Crippen molar-refractivity contribution in [2.24, 2.45) is 11.8 Å². The molecule has 1 saturated carbocycles. The van der Waals surface area contributed by atoms with Gasteiger partial charge in [0, 0.05) is 42.3 Å². The molecular weight excluding hydrogens is 456 g/mol. The first-order valence-corrected chi connectivity index (χ1v) is 12.4. The Morgan fingerprint density at radius 2 is 1.81 bits per heavy atom. The highest BCUT2D eigenvalue weighted by molar-refractivity contribution is 6.01. The van der Waals surface area contributed by atoms with E-state index in [2.05, 4.69) is 22.0 Å². The predicted octanol–water partition coefficient (Wildman–Crippen LogP) is 4.85. The summed E-state index contributed by atoms with van der Waals surface area (Å²) in [4.78, 5) is 36.0. The molecular formula is C27H30N6O3. The molecule has 1 aliphatic rings. The van der Waals surface area contributed by atoms with Crippen LogP contribution in [-0.2, 0) is 4.79 Å². The number of carboxylic acid groups (broad SMARTS) is 1. The van der Waals surface area contributed by atoms with Gasteiger partial charge < -0.3 is 5.11 Å². The number of fused-ring (bicyclic) bond motifs is 1. The molecule has 36 heavy (non-hydrogen) atoms. The van der Waals surface area contributed by atoms with Gasteiger partial charge in [0.15, 0.2) is 5.82 Å². The first-order valence-electron chi connectivity index (χ1n) is 12.4. The van der Waals surface area contributed by atoms with E-state index in [1.807, 2.05) is 61.0 Å². The zero-order valence-corrected chi connectivity index (χ0v) is 20.7. The summed E-state index contributed by atoms with van der Waals surface area (Å²) in [6, 6.07) is 9.17. The highest BCUT2D eigenvalue weighted by atomic mass is 16.4. The number of rotatable bonds is 6. The van der Waals surface area contributed by atoms with Gasteiger partial charge in [-0.3, -0.25) is 14.1 Å². The number of anilines is 1. The van der Waals surface area contributed by atoms with E-state index in [1.54, 1.807) is 11.1 Å². The van der Waals surface area contributed by atoms with Gasteiger partial charge in [-0.25, -0.2) is 19.4 Å². The van der Waals surface area contributed by atoms with Gasteiger partial charge in [0.2, 0.25) is 11.7 Å². The summed E-state index contributed by atoms with van der Waals surface area (Å²) in [5.41, 5.74) is 2.39. The minimum Gasteiger partial charge on any atom is -0.477 e. The van der Waals surface area contributed by atoms with Crippen LogP contribution in [-0.4, -0.2) is 47.2 Å². The van der Waals surface area contributed by atoms with Crippen molar-refractivity contribution in [3.63, 3.8) is 0 Å². The summed E-state index contributed by atoms with van der Waals surface area (Å²) in [6.07, 6.45) is 10.6. The lowest BCUT2D eigenvalue weighted by Crippen LogP contribution is -2.43. The van der Waals surface area contributed by atoms with Gasteiger partial charge in [0.05, 0.1) is 11.4 Å². The molecule has 5 rings (SSSR count). The molecule has 1 N–H and O–H groups in total. The van der Waals surface area contributed by atoms with Gasteiger partial charge in [0.25, 0.3) is 0 Å². The smallest absolute Gasteiger partial charge is 0.341 e. The topological polar surface area (TPSA) is 106 Å². The Labute approximate surface area is 209 Å². The third-order valence-corrected chi connectivity index (χ3v) is 6.94. The van der Waals surface area contributed by atoms with E-state index in [9.17, 15) is 14.7 Å². The molecule has 1 aromatic carbocycles. The number of carbonyl (C=O) groups is 2. The van der Waals surface area contributed by atoms with Crippen molar-refractivity contribution < 1.29 is 14.7 Å². The van der Waals surface area contributed by atoms with Crippen LogP contribution in [0.25, 0.3) is 22.7 Å². The number of imidazole rings is 1. The summed E-state index contributed by atoms with van der Waals surface area (Å²) in [6.45, 7) is 6.00. The van der Waals surface area contributed by atoms with Crippen LogP contribution in [0.5, 0.6) is 0 Å². The molecule has 1 amide bonds. The number of benzene rings is 1. The van der Waals surface area contributed by atoms with Crippen LogP contribution in [0.15, 0.2) is 55.1 Å². The van der Waals surface area contributed by atoms with E-state index in [0.29, 0.717) is 17.4 Å². The number of aromatic carboxylic acids is 1. The van der Waals surface area contributed by atoms with E-state index >= 15 is 0 Å². The number of nitrogens with zero attached hydrogens (tertiary/aromatic N) is 6. The van der Waals surface area contributed by atoms with Crippen molar-refractivity contribution in [3.05, 3.63) is 60.7 Å². The van der Waals surface area contributed by atoms with Crippen LogP contribution in [0.2, 0.25) is 0 Å². The molecule has 9 nitrogen and oxygen atoms in total. The van der Waals surface area contributed by atoms with E-state index in [0.717, 1.165) is 36.9 Å². The number of carbonyl (C=O) groups excluding carboxylic acids is 1. The van der Waals surface area contributed by atoms with Crippen LogP contribution in [0, 0.1) is 11.8 Å². The molecule has 0 saturated heterocycles. The zero-order valence-electron chi connectivity index (χ0n) is 20.7. The van der Waals surface area contributed by atoms with Crippen LogP contribution < -0.4 is 4.90 Å². The van der Waals surface area contributed by atoms with Crippen LogP contribution >= 0.6 is 0 Å². The molecule has 3 heterocycles. The van der Waals surface area contributed by atoms with E-state index < -0.39 is 5.97 Å². The molecule has 0 spiro atoms. The molecule has 1 aliphatic carbocycles. The molecule has 4 aromatic rings. The molecule has 0 atom stereocenters. The van der Waals surface area contributed by atoms with Gasteiger partial charge in [-0.1, -0.05) is 19.1 Å². The molecule has 186 valence electrons. The second-order valence-corrected chi connectivity index (χ2v) is 9.87. The number of hydrogen-bond donors (Lipinski definition) is 1. The van der Waals surface area contributed by atoms with E-state index in [4.69, 9.17) is 0 Å². The van der Waals surface area contributed by atoms with Crippen LogP contribution in [0.3, 0.4) is 0 Å². The van der Waals surface area contributed by atoms with Crippen molar-refractivity contribution in [1.82, 2.24) is 24.1 Å². The Hall–Kier alpha value is -4.01. The summed E-state index contributed by atoms with van der Waals surface area (Å²) in [7, 11) is 0. The van der Waals surface area contributed by atoms with Gasteiger partial charge in [-0.2, -0.15) is 0 Å². The maximum absolute atomic E-state index is 13.5. The normalized spacial score (nSPS) is 18.0. The Kier molecular flexibility index (Phi) is 6.30. The van der Waals surface area contributed by atoms with Gasteiger partial charge in [-0.05, 0) is 63.6 Å². The zero-order chi connectivity index (χ0) is 25.4. The van der Waals surface area contributed by atoms with Crippen molar-refractivity contribution >= 4 is 23.5 Å². The second-order valence-electron chi connectivity index (χ2n) is 9.87. The third-order valence-electron chi connectivity index (χ3n) is 6.94. The van der Waals surface area contributed by atoms with Crippen molar-refractivity contribution in [2.75, 3.05) is 4.90 Å². The summed E-state index contributed by atoms with van der Waals surface area (Å²) in [5.74, 6) is 0.174. The SMILES string of the molecule is CC1CCC(C(=O)N(c2nn(-c3ccc(-c4cn5cccnc5n4)cc3)cc2C(=O)O)C(C)C)CC1. The summed E-state index contributed by atoms with van der Waals surface area (Å²) < 4.78 is 3.38. The maximum atomic E-state index is 13.5. The van der Waals surface area contributed by atoms with Crippen LogP contribution in [0.4, 0.5) is 5.82 Å². The fourth-order valence-electron chi connectivity index (χ4n) is 4.89. The number of aromatic nitrogens is 5. The fourth-order valence-corrected chi connectivity index (χ4v) is 4.89. The standard InChI is InChI=1S/C27H30N6O3/c1-17(2)33(25(34)20-7-5-18(3)6-8-20)24-22(26(35)36)15-32(30-24)21-11-9-19(10-12-21)23-16-31-14-4-13-28-27(31)29-23/h4,9-18,20H,5-8H2,1-3H3,(H,35,36). The lowest BCUT2D eigenvalue weighted by Gasteiger charge is -2.32. The van der Waals surface area contributed by atoms with E-state index in [-0.39, 0.29) is 29.2 Å². The lowest BCUT2D eigenvalue weighted by molar-refractivity contribution is -0.124. The fraction of sp³-hybridized carbons (Fsp3) is 0.370. The van der Waals surface area contributed by atoms with Crippen LogP contribution in [0.1, 0.15) is 56.8 Å². The Morgan fingerprint density at radius 1 is 1.08 bits per heavy atom. The van der Waals surface area contributed by atoms with Gasteiger partial charge in [-0.15, -0.1) is 5.10 Å². The Bertz CT molecular complexity index is 1360. The molecule has 0 bridgehead atoms. The van der Waals surface area contributed by atoms with Crippen molar-refractivity contribution in [2.45, 2.75) is 52.5 Å². The minimum absolute atomic E-state index is 0.0109. The van der Waals surface area contributed by atoms with Gasteiger partial charge in [0.1, 0.15) is 5.56 Å². The average molecular weight is 487 g/mol. The number of carboxylic acids is 1. The lowest BCUT2D eigenvalue weighted by atomic mass is 9.82. The van der Waals surface area contributed by atoms with Crippen molar-refractivity contribution in [3.8, 4) is 16.9 Å². The quantitative estimate of drug-likeness (QED) is 0.418. The van der Waals surface area contributed by atoms with E-state index in [1.165, 1.54) is 10.9 Å². The molecule has 3 aromatic heterocycles. The highest BCUT2D eigenvalue weighted by Gasteiger charge is 2.34. The summed E-state index contributed by atoms with van der Waals surface area (Å²) in [5, 5.41) is 14.5. The monoisotopic (exact) mass is 486 g/mol. The largest absolute Gasteiger partial charge is 0.477 e. The summed E-state index contributed by atoms with van der Waals surface area (Å²) >= 11 is 0. The molecule has 0 unspecified atom stereocenters. The molecule has 1 fully saturated rings. The van der Waals surface area contributed by atoms with Gasteiger partial charge >= 0.3 is 5.97 Å². The molecule has 0 radical (unpaired) electrons. The first kappa shape index (κ1) is 23.7. The Morgan fingerprint density at radius 3 is 2.44 bits per heavy atom. The highest BCUT2D eigenvalue weighted by Crippen LogP contribution is 2.33. The van der Waals surface area contributed by atoms with Crippen molar-refractivity contribution in [1.29, 1.82) is 0 Å². The Balaban J connectivity index is 1.46. The first-order chi connectivity index (χ1) is 17.3. The molecule has 0 aliphatic heterocycles. The minimum atomic E-state index is -1.11. The number of hydrogen-bond acceptors (Lipinski definition) is 5. The second kappa shape index (κ2) is 9.56. The number of amides is 1. The average Bonchev–Trinajstić information content (AvgIpc) is 3.49. The third kappa shape index (κ3) is 4.48. The predicted molar refractivity (Wildman–Crippen MR) is 136 cm³/mol. The maximum Gasteiger partial charge on any atom is 0.341 e. The molecule has 9 heteroatoms.